The van der Waals surface area contributed by atoms with Gasteiger partial charge in [0.05, 0.1) is 24.5 Å². The summed E-state index contributed by atoms with van der Waals surface area (Å²) in [5, 5.41) is 8.98. The van der Waals surface area contributed by atoms with Crippen LogP contribution in [0.3, 0.4) is 0 Å². The number of aliphatic imine (C=N–C) groups is 1. The van der Waals surface area contributed by atoms with Gasteiger partial charge in [0.2, 0.25) is 11.8 Å². The highest BCUT2D eigenvalue weighted by Gasteiger charge is 2.37. The second-order valence-electron chi connectivity index (χ2n) is 6.48. The molecule has 1 saturated heterocycles. The van der Waals surface area contributed by atoms with Crippen molar-refractivity contribution in [1.29, 1.82) is 0 Å². The highest BCUT2D eigenvalue weighted by atomic mass is 35.5. The number of hydrogen-bond donors (Lipinski definition) is 3. The van der Waals surface area contributed by atoms with Crippen LogP contribution in [0.2, 0.25) is 0 Å². The van der Waals surface area contributed by atoms with Crippen molar-refractivity contribution < 1.29 is 18.4 Å². The lowest BCUT2D eigenvalue weighted by atomic mass is 9.99. The van der Waals surface area contributed by atoms with E-state index in [-0.39, 0.29) is 30.1 Å². The summed E-state index contributed by atoms with van der Waals surface area (Å²) in [7, 11) is 0. The number of amides is 2. The van der Waals surface area contributed by atoms with Crippen molar-refractivity contribution in [3.8, 4) is 0 Å². The minimum Gasteiger partial charge on any atom is -0.349 e. The first-order valence-corrected chi connectivity index (χ1v) is 8.74. The summed E-state index contributed by atoms with van der Waals surface area (Å²) in [6, 6.07) is 1.61. The Morgan fingerprint density at radius 1 is 1.46 bits per heavy atom. The summed E-state index contributed by atoms with van der Waals surface area (Å²) >= 11 is 5.94. The lowest BCUT2D eigenvalue weighted by molar-refractivity contribution is -0.131. The second kappa shape index (κ2) is 7.67. The molecule has 2 amide bonds. The molecule has 3 N–H and O–H groups in total. The number of carbonyl (C=O) groups is 2. The largest absolute Gasteiger partial charge is 0.349 e. The van der Waals surface area contributed by atoms with Gasteiger partial charge >= 0.3 is 0 Å². The van der Waals surface area contributed by atoms with Crippen LogP contribution >= 0.6 is 11.6 Å². The topological polar surface area (TPSA) is 82.6 Å². The van der Waals surface area contributed by atoms with Gasteiger partial charge in [0.1, 0.15) is 23.0 Å². The van der Waals surface area contributed by atoms with E-state index in [9.17, 15) is 18.4 Å². The van der Waals surface area contributed by atoms with Gasteiger partial charge in [-0.2, -0.15) is 0 Å². The Kier molecular flexibility index (Phi) is 5.52. The number of hydrogen-bond acceptors (Lipinski definition) is 4. The van der Waals surface area contributed by atoms with Gasteiger partial charge in [-0.15, -0.1) is 0 Å². The van der Waals surface area contributed by atoms with Crippen LogP contribution in [0.15, 0.2) is 23.2 Å². The third-order valence-corrected chi connectivity index (χ3v) is 4.82. The molecule has 2 aliphatic rings. The van der Waals surface area contributed by atoms with Crippen LogP contribution in [0.25, 0.3) is 0 Å². The number of rotatable bonds is 4. The van der Waals surface area contributed by atoms with E-state index in [1.54, 1.807) is 6.92 Å². The van der Waals surface area contributed by atoms with E-state index in [2.05, 4.69) is 20.9 Å². The van der Waals surface area contributed by atoms with E-state index in [4.69, 9.17) is 11.6 Å². The Morgan fingerprint density at radius 3 is 2.96 bits per heavy atom. The summed E-state index contributed by atoms with van der Waals surface area (Å²) in [5.74, 6) is -2.14. The Hall–Kier alpha value is -2.06. The molecule has 0 spiro atoms. The van der Waals surface area contributed by atoms with E-state index in [0.717, 1.165) is 12.1 Å². The molecule has 6 nitrogen and oxygen atoms in total. The molecule has 0 saturated carbocycles. The van der Waals surface area contributed by atoms with Crippen LogP contribution in [0.1, 0.15) is 37.8 Å². The van der Waals surface area contributed by atoms with Crippen LogP contribution < -0.4 is 16.0 Å². The molecular weight excluding hydrogens is 366 g/mol. The zero-order valence-corrected chi connectivity index (χ0v) is 14.8. The number of nitrogens with one attached hydrogen (secondary N) is 3. The van der Waals surface area contributed by atoms with E-state index >= 15 is 0 Å². The summed E-state index contributed by atoms with van der Waals surface area (Å²) in [5.41, 5.74) is 0.171. The smallest absolute Gasteiger partial charge is 0.238 e. The Bertz CT molecular complexity index is 758. The minimum absolute atomic E-state index is 0.130. The Balaban J connectivity index is 1.60. The van der Waals surface area contributed by atoms with Crippen molar-refractivity contribution in [2.45, 2.75) is 50.5 Å². The molecule has 9 heteroatoms. The lowest BCUT2D eigenvalue weighted by Gasteiger charge is -2.37. The molecule has 0 radical (unpaired) electrons. The molecule has 0 aliphatic carbocycles. The van der Waals surface area contributed by atoms with Crippen LogP contribution in [0, 0.1) is 11.6 Å². The quantitative estimate of drug-likeness (QED) is 0.739. The van der Waals surface area contributed by atoms with E-state index < -0.39 is 29.6 Å². The molecule has 2 unspecified atom stereocenters. The highest BCUT2D eigenvalue weighted by Crippen LogP contribution is 2.20. The maximum absolute atomic E-state index is 13.8. The fourth-order valence-electron chi connectivity index (χ4n) is 3.18. The average Bonchev–Trinajstić information content (AvgIpc) is 2.55. The van der Waals surface area contributed by atoms with Gasteiger partial charge in [0.25, 0.3) is 0 Å². The third-order valence-electron chi connectivity index (χ3n) is 4.53. The molecule has 1 aromatic carbocycles. The highest BCUT2D eigenvalue weighted by molar-refractivity contribution is 6.65. The lowest BCUT2D eigenvalue weighted by Crippen LogP contribution is -2.64. The molecule has 26 heavy (non-hydrogen) atoms. The van der Waals surface area contributed by atoms with Crippen molar-refractivity contribution in [3.63, 3.8) is 0 Å². The van der Waals surface area contributed by atoms with Gasteiger partial charge in [-0.1, -0.05) is 17.7 Å². The summed E-state index contributed by atoms with van der Waals surface area (Å²) < 4.78 is 26.8. The molecule has 3 rings (SSSR count). The number of benzene rings is 1. The summed E-state index contributed by atoms with van der Waals surface area (Å²) in [4.78, 5) is 28.7. The van der Waals surface area contributed by atoms with Gasteiger partial charge in [-0.25, -0.2) is 8.78 Å². The standard InChI is InChI=1S/C17H19ClF2N4O2/c1-8(10-3-2-9(19)6-11(10)20)21-15(25)7-13-17(26)23-12-4-5-14(18)24-16(12)22-13/h2-3,6,8,12-13,16,22H,4-5,7H2,1H3,(H,21,25)(H,23,26)/t8-,12?,13+,16?/m0/s1. The van der Waals surface area contributed by atoms with Crippen molar-refractivity contribution >= 4 is 28.6 Å². The monoisotopic (exact) mass is 384 g/mol. The molecule has 0 aromatic heterocycles. The first-order valence-electron chi connectivity index (χ1n) is 8.36. The van der Waals surface area contributed by atoms with Crippen molar-refractivity contribution in [1.82, 2.24) is 16.0 Å². The number of nitrogens with zero attached hydrogens (tertiary/aromatic N) is 1. The van der Waals surface area contributed by atoms with Crippen LogP contribution in [-0.2, 0) is 9.59 Å². The first kappa shape index (κ1) is 18.7. The second-order valence-corrected chi connectivity index (χ2v) is 6.92. The van der Waals surface area contributed by atoms with E-state index in [1.165, 1.54) is 6.07 Å². The van der Waals surface area contributed by atoms with Gasteiger partial charge in [0.15, 0.2) is 0 Å². The minimum atomic E-state index is -0.757. The van der Waals surface area contributed by atoms with Crippen LogP contribution in [0.5, 0.6) is 0 Å². The predicted octanol–water partition coefficient (Wildman–Crippen LogP) is 1.75. The molecule has 4 atom stereocenters. The van der Waals surface area contributed by atoms with Crippen LogP contribution in [0.4, 0.5) is 8.78 Å². The Morgan fingerprint density at radius 2 is 2.23 bits per heavy atom. The molecule has 140 valence electrons. The zero-order chi connectivity index (χ0) is 18.8. The third kappa shape index (κ3) is 4.19. The summed E-state index contributed by atoms with van der Waals surface area (Å²) in [6.07, 6.45) is 0.802. The predicted molar refractivity (Wildman–Crippen MR) is 92.7 cm³/mol. The molecule has 0 bridgehead atoms. The number of fused-ring (bicyclic) bond motifs is 1. The molecule has 1 aromatic rings. The van der Waals surface area contributed by atoms with E-state index in [0.29, 0.717) is 18.0 Å². The molecular formula is C17H19ClF2N4O2. The summed E-state index contributed by atoms with van der Waals surface area (Å²) in [6.45, 7) is 1.59. The van der Waals surface area contributed by atoms with Crippen molar-refractivity contribution in [2.75, 3.05) is 0 Å². The maximum Gasteiger partial charge on any atom is 0.238 e. The first-order chi connectivity index (χ1) is 12.3. The van der Waals surface area contributed by atoms with Crippen LogP contribution in [-0.4, -0.2) is 35.2 Å². The van der Waals surface area contributed by atoms with E-state index in [1.807, 2.05) is 0 Å². The number of carbonyl (C=O) groups excluding carboxylic acids is 2. The normalized spacial score (nSPS) is 26.4. The van der Waals surface area contributed by atoms with Gasteiger partial charge in [0, 0.05) is 18.1 Å². The molecule has 2 aliphatic heterocycles. The molecule has 1 fully saturated rings. The van der Waals surface area contributed by atoms with Gasteiger partial charge in [-0.3, -0.25) is 19.9 Å². The van der Waals surface area contributed by atoms with Crippen molar-refractivity contribution in [2.24, 2.45) is 4.99 Å². The maximum atomic E-state index is 13.8. The van der Waals surface area contributed by atoms with Crippen molar-refractivity contribution in [3.05, 3.63) is 35.4 Å². The zero-order valence-electron chi connectivity index (χ0n) is 14.1. The Labute approximate surface area is 154 Å². The number of piperazine rings is 1. The number of halogens is 3. The molecule has 2 heterocycles. The van der Waals surface area contributed by atoms with Gasteiger partial charge < -0.3 is 10.6 Å². The SMILES string of the molecule is C[C@H](NC(=O)C[C@H]1NC2N=C(Cl)CCC2NC1=O)c1ccc(F)cc1F. The fraction of sp³-hybridized carbons (Fsp3) is 0.471. The fourth-order valence-corrected chi connectivity index (χ4v) is 3.39. The average molecular weight is 385 g/mol. The van der Waals surface area contributed by atoms with Gasteiger partial charge in [-0.05, 0) is 19.4 Å².